The molecule has 0 radical (unpaired) electrons. The molecule has 0 atom stereocenters. The lowest BCUT2D eigenvalue weighted by Crippen LogP contribution is -2.29. The minimum absolute atomic E-state index is 0.682. The van der Waals surface area contributed by atoms with E-state index in [-0.39, 0.29) is 0 Å². The van der Waals surface area contributed by atoms with Crippen LogP contribution in [0.1, 0.15) is 24.4 Å². The summed E-state index contributed by atoms with van der Waals surface area (Å²) >= 11 is 7.01. The zero-order chi connectivity index (χ0) is 12.3. The van der Waals surface area contributed by atoms with Crippen molar-refractivity contribution in [1.29, 1.82) is 0 Å². The first kappa shape index (κ1) is 13.4. The predicted octanol–water partition coefficient (Wildman–Crippen LogP) is 2.23. The van der Waals surface area contributed by atoms with E-state index in [9.17, 15) is 0 Å². The van der Waals surface area contributed by atoms with Gasteiger partial charge in [0, 0.05) is 30.7 Å². The average Bonchev–Trinajstić information content (AvgIpc) is 2.48. The molecule has 1 rings (SSSR count). The van der Waals surface area contributed by atoms with Crippen molar-refractivity contribution in [1.82, 2.24) is 9.47 Å². The van der Waals surface area contributed by atoms with Gasteiger partial charge < -0.3 is 9.47 Å². The van der Waals surface area contributed by atoms with Crippen LogP contribution in [0.3, 0.4) is 0 Å². The third kappa shape index (κ3) is 2.71. The Kier molecular flexibility index (Phi) is 4.68. The molecule has 0 aliphatic carbocycles. The first-order chi connectivity index (χ1) is 7.51. The maximum Gasteiger partial charge on any atom is 0.198 e. The molecule has 0 saturated heterocycles. The highest BCUT2D eigenvalue weighted by Crippen LogP contribution is 2.07. The van der Waals surface area contributed by atoms with Gasteiger partial charge in [0.25, 0.3) is 0 Å². The van der Waals surface area contributed by atoms with Gasteiger partial charge in [0.15, 0.2) is 9.91 Å². The zero-order valence-electron chi connectivity index (χ0n) is 10.6. The van der Waals surface area contributed by atoms with Crippen molar-refractivity contribution in [3.63, 3.8) is 0 Å². The summed E-state index contributed by atoms with van der Waals surface area (Å²) in [6, 6.07) is 0. The van der Waals surface area contributed by atoms with Crippen LogP contribution in [0.15, 0.2) is 4.99 Å². The number of thiocarbonyl (C=S) groups is 1. The Morgan fingerprint density at radius 2 is 1.94 bits per heavy atom. The standard InChI is InChI=1S/C11H19N3S2/c1-6-14(7-2)10(15)12-11-13(5)8(3)9(4)16-11/h6-7H2,1-5H3/b12-11+. The van der Waals surface area contributed by atoms with E-state index in [1.54, 1.807) is 11.3 Å². The summed E-state index contributed by atoms with van der Waals surface area (Å²) in [7, 11) is 2.03. The Bertz CT molecular complexity index is 439. The summed E-state index contributed by atoms with van der Waals surface area (Å²) in [4.78, 5) is 8.88. The number of aryl methyl sites for hydroxylation is 1. The molecule has 0 fully saturated rings. The van der Waals surface area contributed by atoms with E-state index in [4.69, 9.17) is 12.2 Å². The third-order valence-electron chi connectivity index (χ3n) is 2.77. The smallest absolute Gasteiger partial charge is 0.198 e. The Labute approximate surface area is 106 Å². The second kappa shape index (κ2) is 5.59. The van der Waals surface area contributed by atoms with E-state index in [1.165, 1.54) is 10.6 Å². The van der Waals surface area contributed by atoms with Crippen LogP contribution in [0.4, 0.5) is 0 Å². The van der Waals surface area contributed by atoms with E-state index in [1.807, 2.05) is 7.05 Å². The average molecular weight is 257 g/mol. The first-order valence-electron chi connectivity index (χ1n) is 5.47. The number of rotatable bonds is 2. The summed E-state index contributed by atoms with van der Waals surface area (Å²) < 4.78 is 2.09. The molecule has 3 nitrogen and oxygen atoms in total. The lowest BCUT2D eigenvalue weighted by Gasteiger charge is -2.17. The number of nitrogens with zero attached hydrogens (tertiary/aromatic N) is 3. The van der Waals surface area contributed by atoms with Crippen molar-refractivity contribution >= 4 is 28.7 Å². The summed E-state index contributed by atoms with van der Waals surface area (Å²) in [5.74, 6) is 0. The van der Waals surface area contributed by atoms with Gasteiger partial charge in [-0.25, -0.2) is 0 Å². The highest BCUT2D eigenvalue weighted by molar-refractivity contribution is 7.80. The van der Waals surface area contributed by atoms with Crippen molar-refractivity contribution in [3.05, 3.63) is 15.4 Å². The fraction of sp³-hybridized carbons (Fsp3) is 0.636. The molecule has 0 spiro atoms. The minimum atomic E-state index is 0.682. The van der Waals surface area contributed by atoms with Crippen LogP contribution in [0.25, 0.3) is 0 Å². The van der Waals surface area contributed by atoms with Crippen molar-refractivity contribution in [2.24, 2.45) is 12.0 Å². The van der Waals surface area contributed by atoms with Crippen molar-refractivity contribution in [2.45, 2.75) is 27.7 Å². The molecule has 0 unspecified atom stereocenters. The SMILES string of the molecule is CCN(CC)C(=S)/N=c1/sc(C)c(C)n1C. The Morgan fingerprint density at radius 3 is 2.31 bits per heavy atom. The van der Waals surface area contributed by atoms with Gasteiger partial charge in [0.05, 0.1) is 0 Å². The highest BCUT2D eigenvalue weighted by Gasteiger charge is 2.06. The first-order valence-corrected chi connectivity index (χ1v) is 6.70. The maximum absolute atomic E-state index is 5.32. The van der Waals surface area contributed by atoms with Crippen LogP contribution < -0.4 is 4.80 Å². The second-order valence-corrected chi connectivity index (χ2v) is 5.20. The molecule has 0 aromatic carbocycles. The van der Waals surface area contributed by atoms with Gasteiger partial charge >= 0.3 is 0 Å². The molecular formula is C11H19N3S2. The molecular weight excluding hydrogens is 238 g/mol. The number of thiazole rings is 1. The molecule has 0 bridgehead atoms. The van der Waals surface area contributed by atoms with Gasteiger partial charge in [-0.1, -0.05) is 0 Å². The summed E-state index contributed by atoms with van der Waals surface area (Å²) in [6.07, 6.45) is 0. The Morgan fingerprint density at radius 1 is 1.38 bits per heavy atom. The van der Waals surface area contributed by atoms with Crippen LogP contribution in [0.5, 0.6) is 0 Å². The highest BCUT2D eigenvalue weighted by atomic mass is 32.1. The predicted molar refractivity (Wildman–Crippen MR) is 73.8 cm³/mol. The minimum Gasteiger partial charge on any atom is -0.348 e. The van der Waals surface area contributed by atoms with Gasteiger partial charge in [0.2, 0.25) is 0 Å². The monoisotopic (exact) mass is 257 g/mol. The van der Waals surface area contributed by atoms with Gasteiger partial charge in [-0.3, -0.25) is 0 Å². The van der Waals surface area contributed by atoms with E-state index >= 15 is 0 Å². The molecule has 90 valence electrons. The van der Waals surface area contributed by atoms with Crippen LogP contribution >= 0.6 is 23.6 Å². The van der Waals surface area contributed by atoms with Crippen LogP contribution in [-0.2, 0) is 7.05 Å². The van der Waals surface area contributed by atoms with Crippen LogP contribution in [0.2, 0.25) is 0 Å². The third-order valence-corrected chi connectivity index (χ3v) is 4.27. The Hall–Kier alpha value is -0.680. The largest absolute Gasteiger partial charge is 0.348 e. The molecule has 0 amide bonds. The molecule has 1 aromatic rings. The molecule has 0 aliphatic rings. The topological polar surface area (TPSA) is 20.5 Å². The number of hydrogen-bond acceptors (Lipinski definition) is 2. The number of aromatic nitrogens is 1. The molecule has 0 aliphatic heterocycles. The molecule has 1 heterocycles. The van der Waals surface area contributed by atoms with Gasteiger partial charge in [-0.15, -0.1) is 11.3 Å². The lowest BCUT2D eigenvalue weighted by atomic mass is 10.4. The summed E-state index contributed by atoms with van der Waals surface area (Å²) in [5, 5.41) is 0.682. The number of hydrogen-bond donors (Lipinski definition) is 0. The Balaban J connectivity index is 3.08. The fourth-order valence-electron chi connectivity index (χ4n) is 1.40. The van der Waals surface area contributed by atoms with Gasteiger partial charge in [0.1, 0.15) is 0 Å². The van der Waals surface area contributed by atoms with Gasteiger partial charge in [-0.05, 0) is 39.9 Å². The molecule has 0 saturated carbocycles. The maximum atomic E-state index is 5.32. The summed E-state index contributed by atoms with van der Waals surface area (Å²) in [6.45, 7) is 10.2. The van der Waals surface area contributed by atoms with E-state index in [2.05, 4.69) is 42.2 Å². The van der Waals surface area contributed by atoms with Crippen molar-refractivity contribution in [2.75, 3.05) is 13.1 Å². The van der Waals surface area contributed by atoms with Gasteiger partial charge in [-0.2, -0.15) is 4.99 Å². The van der Waals surface area contributed by atoms with E-state index in [0.29, 0.717) is 5.11 Å². The molecule has 16 heavy (non-hydrogen) atoms. The zero-order valence-corrected chi connectivity index (χ0v) is 12.2. The van der Waals surface area contributed by atoms with Crippen LogP contribution in [0, 0.1) is 13.8 Å². The molecule has 5 heteroatoms. The lowest BCUT2D eigenvalue weighted by molar-refractivity contribution is 0.468. The normalized spacial score (nSPS) is 11.9. The fourth-order valence-corrected chi connectivity index (χ4v) is 2.77. The van der Waals surface area contributed by atoms with Crippen molar-refractivity contribution in [3.8, 4) is 0 Å². The van der Waals surface area contributed by atoms with Crippen molar-refractivity contribution < 1.29 is 0 Å². The summed E-state index contributed by atoms with van der Waals surface area (Å²) in [5.41, 5.74) is 1.26. The molecule has 1 aromatic heterocycles. The quantitative estimate of drug-likeness (QED) is 0.757. The van der Waals surface area contributed by atoms with Crippen LogP contribution in [-0.4, -0.2) is 27.7 Å². The second-order valence-electron chi connectivity index (χ2n) is 3.65. The molecule has 0 N–H and O–H groups in total. The van der Waals surface area contributed by atoms with E-state index < -0.39 is 0 Å². The van der Waals surface area contributed by atoms with E-state index in [0.717, 1.165) is 17.9 Å².